The van der Waals surface area contributed by atoms with E-state index in [1.165, 1.54) is 22.0 Å². The highest BCUT2D eigenvalue weighted by Gasteiger charge is 2.28. The molecule has 136 valence electrons. The van der Waals surface area contributed by atoms with Crippen LogP contribution >= 0.6 is 0 Å². The Morgan fingerprint density at radius 3 is 2.78 bits per heavy atom. The second-order valence-electron chi connectivity index (χ2n) is 7.05. The molecule has 4 heteroatoms. The van der Waals surface area contributed by atoms with Gasteiger partial charge in [0.15, 0.2) is 0 Å². The van der Waals surface area contributed by atoms with Crippen molar-refractivity contribution in [1.82, 2.24) is 4.57 Å². The van der Waals surface area contributed by atoms with Gasteiger partial charge in [-0.15, -0.1) is 0 Å². The molecular formula is C23H22N2O2. The first kappa shape index (κ1) is 16.2. The molecule has 1 unspecified atom stereocenters. The van der Waals surface area contributed by atoms with Crippen molar-refractivity contribution in [3.05, 3.63) is 71.8 Å². The van der Waals surface area contributed by atoms with Crippen LogP contribution in [0.25, 0.3) is 21.8 Å². The standard InChI is InChI=1S/C23H22N2O2/c1-15-12-17-22-18(8-5-9-20(22)26-11-10-24)25-19(16-6-3-2-4-7-16)14-27-21(13-15)23(17)25/h2-9,12-13,19H,10-11,14,24H2,1H3. The Morgan fingerprint density at radius 1 is 1.11 bits per heavy atom. The summed E-state index contributed by atoms with van der Waals surface area (Å²) in [5.41, 5.74) is 10.4. The van der Waals surface area contributed by atoms with Crippen LogP contribution in [0.2, 0.25) is 0 Å². The lowest BCUT2D eigenvalue weighted by Gasteiger charge is -2.27. The van der Waals surface area contributed by atoms with Crippen molar-refractivity contribution in [2.45, 2.75) is 13.0 Å². The van der Waals surface area contributed by atoms with Crippen molar-refractivity contribution < 1.29 is 9.47 Å². The fraction of sp³-hybridized carbons (Fsp3) is 0.217. The van der Waals surface area contributed by atoms with Crippen LogP contribution in [0, 0.1) is 6.92 Å². The number of fused-ring (bicyclic) bond motifs is 3. The van der Waals surface area contributed by atoms with Gasteiger partial charge in [0.1, 0.15) is 24.7 Å². The Morgan fingerprint density at radius 2 is 1.96 bits per heavy atom. The smallest absolute Gasteiger partial charge is 0.144 e. The maximum atomic E-state index is 6.21. The number of nitrogens with two attached hydrogens (primary N) is 1. The molecule has 4 nitrogen and oxygen atoms in total. The minimum atomic E-state index is 0.131. The zero-order chi connectivity index (χ0) is 18.4. The Kier molecular flexibility index (Phi) is 3.80. The summed E-state index contributed by atoms with van der Waals surface area (Å²) < 4.78 is 14.6. The highest BCUT2D eigenvalue weighted by molar-refractivity contribution is 6.13. The molecule has 0 saturated carbocycles. The molecule has 0 amide bonds. The van der Waals surface area contributed by atoms with Gasteiger partial charge in [0.05, 0.1) is 17.1 Å². The molecule has 5 rings (SSSR count). The van der Waals surface area contributed by atoms with Gasteiger partial charge in [-0.25, -0.2) is 0 Å². The fourth-order valence-electron chi connectivity index (χ4n) is 4.18. The first-order chi connectivity index (χ1) is 13.3. The van der Waals surface area contributed by atoms with Crippen LogP contribution in [0.1, 0.15) is 17.2 Å². The lowest BCUT2D eigenvalue weighted by atomic mass is 10.1. The minimum absolute atomic E-state index is 0.131. The summed E-state index contributed by atoms with van der Waals surface area (Å²) in [4.78, 5) is 0. The van der Waals surface area contributed by atoms with Gasteiger partial charge in [0.25, 0.3) is 0 Å². The van der Waals surface area contributed by atoms with E-state index in [0.29, 0.717) is 19.8 Å². The van der Waals surface area contributed by atoms with Crippen molar-refractivity contribution in [2.75, 3.05) is 19.8 Å². The van der Waals surface area contributed by atoms with Gasteiger partial charge in [-0.2, -0.15) is 0 Å². The average molecular weight is 358 g/mol. The summed E-state index contributed by atoms with van der Waals surface area (Å²) in [6, 6.07) is 21.3. The van der Waals surface area contributed by atoms with Crippen LogP contribution in [0.4, 0.5) is 0 Å². The number of ether oxygens (including phenoxy) is 2. The summed E-state index contributed by atoms with van der Waals surface area (Å²) >= 11 is 0. The molecule has 27 heavy (non-hydrogen) atoms. The Bertz CT molecular complexity index is 1130. The van der Waals surface area contributed by atoms with Crippen molar-refractivity contribution in [3.8, 4) is 11.5 Å². The van der Waals surface area contributed by atoms with Crippen LogP contribution in [-0.4, -0.2) is 24.3 Å². The molecule has 1 aliphatic rings. The number of hydrogen-bond donors (Lipinski definition) is 1. The third-order valence-corrected chi connectivity index (χ3v) is 5.26. The number of nitrogens with zero attached hydrogens (tertiary/aromatic N) is 1. The van der Waals surface area contributed by atoms with Gasteiger partial charge >= 0.3 is 0 Å². The second kappa shape index (κ2) is 6.32. The highest BCUT2D eigenvalue weighted by Crippen LogP contribution is 2.45. The number of hydrogen-bond acceptors (Lipinski definition) is 3. The predicted molar refractivity (Wildman–Crippen MR) is 109 cm³/mol. The summed E-state index contributed by atoms with van der Waals surface area (Å²) in [7, 11) is 0. The summed E-state index contributed by atoms with van der Waals surface area (Å²) in [5, 5.41) is 2.31. The first-order valence-electron chi connectivity index (χ1n) is 9.36. The van der Waals surface area contributed by atoms with Crippen LogP contribution < -0.4 is 15.2 Å². The second-order valence-corrected chi connectivity index (χ2v) is 7.05. The van der Waals surface area contributed by atoms with E-state index in [1.807, 2.05) is 12.1 Å². The zero-order valence-electron chi connectivity index (χ0n) is 15.3. The summed E-state index contributed by atoms with van der Waals surface area (Å²) in [6.07, 6.45) is 0. The molecule has 2 N–H and O–H groups in total. The SMILES string of the molecule is Cc1cc2c3c(c1)c1c(OCCN)cccc1n3C(c1ccccc1)CO2. The van der Waals surface area contributed by atoms with E-state index in [0.717, 1.165) is 22.4 Å². The maximum absolute atomic E-state index is 6.21. The minimum Gasteiger partial charge on any atom is -0.492 e. The van der Waals surface area contributed by atoms with Gasteiger partial charge in [-0.3, -0.25) is 0 Å². The number of aromatic nitrogens is 1. The third-order valence-electron chi connectivity index (χ3n) is 5.26. The normalized spacial score (nSPS) is 15.9. The van der Waals surface area contributed by atoms with Crippen molar-refractivity contribution in [2.24, 2.45) is 5.73 Å². The molecule has 0 saturated heterocycles. The maximum Gasteiger partial charge on any atom is 0.144 e. The number of benzene rings is 3. The van der Waals surface area contributed by atoms with Crippen LogP contribution in [0.3, 0.4) is 0 Å². The number of aryl methyl sites for hydroxylation is 1. The average Bonchev–Trinajstić information content (AvgIpc) is 3.03. The van der Waals surface area contributed by atoms with Crippen molar-refractivity contribution in [3.63, 3.8) is 0 Å². The van der Waals surface area contributed by atoms with E-state index in [-0.39, 0.29) is 6.04 Å². The molecule has 1 atom stereocenters. The molecule has 3 aromatic carbocycles. The van der Waals surface area contributed by atoms with E-state index in [4.69, 9.17) is 15.2 Å². The van der Waals surface area contributed by atoms with Gasteiger partial charge in [0, 0.05) is 17.3 Å². The highest BCUT2D eigenvalue weighted by atomic mass is 16.5. The lowest BCUT2D eigenvalue weighted by Crippen LogP contribution is -2.22. The molecular weight excluding hydrogens is 336 g/mol. The summed E-state index contributed by atoms with van der Waals surface area (Å²) in [6.45, 7) is 3.72. The van der Waals surface area contributed by atoms with Gasteiger partial charge in [-0.1, -0.05) is 36.4 Å². The zero-order valence-corrected chi connectivity index (χ0v) is 15.3. The predicted octanol–water partition coefficient (Wildman–Crippen LogP) is 4.42. The Balaban J connectivity index is 1.86. The van der Waals surface area contributed by atoms with Gasteiger partial charge in [-0.05, 0) is 42.3 Å². The van der Waals surface area contributed by atoms with E-state index >= 15 is 0 Å². The lowest BCUT2D eigenvalue weighted by molar-refractivity contribution is 0.262. The van der Waals surface area contributed by atoms with E-state index in [9.17, 15) is 0 Å². The molecule has 0 radical (unpaired) electrons. The van der Waals surface area contributed by atoms with Crippen molar-refractivity contribution >= 4 is 21.8 Å². The van der Waals surface area contributed by atoms with E-state index < -0.39 is 0 Å². The molecule has 2 heterocycles. The van der Waals surface area contributed by atoms with Gasteiger partial charge in [0.2, 0.25) is 0 Å². The monoisotopic (exact) mass is 358 g/mol. The molecule has 0 aliphatic carbocycles. The first-order valence-corrected chi connectivity index (χ1v) is 9.36. The molecule has 0 fully saturated rings. The van der Waals surface area contributed by atoms with Crippen LogP contribution in [0.15, 0.2) is 60.7 Å². The third kappa shape index (κ3) is 2.48. The molecule has 0 bridgehead atoms. The van der Waals surface area contributed by atoms with E-state index in [2.05, 4.69) is 60.0 Å². The van der Waals surface area contributed by atoms with Crippen molar-refractivity contribution in [1.29, 1.82) is 0 Å². The molecule has 1 aromatic heterocycles. The quantitative estimate of drug-likeness (QED) is 0.587. The Labute approximate surface area is 158 Å². The fourth-order valence-corrected chi connectivity index (χ4v) is 4.18. The van der Waals surface area contributed by atoms with Gasteiger partial charge < -0.3 is 19.8 Å². The van der Waals surface area contributed by atoms with Crippen LogP contribution in [-0.2, 0) is 0 Å². The Hall–Kier alpha value is -2.98. The number of rotatable bonds is 4. The molecule has 0 spiro atoms. The van der Waals surface area contributed by atoms with E-state index in [1.54, 1.807) is 0 Å². The topological polar surface area (TPSA) is 49.4 Å². The molecule has 4 aromatic rings. The van der Waals surface area contributed by atoms with Crippen LogP contribution in [0.5, 0.6) is 11.5 Å². The largest absolute Gasteiger partial charge is 0.492 e. The summed E-state index contributed by atoms with van der Waals surface area (Å²) in [5.74, 6) is 1.82. The molecule has 1 aliphatic heterocycles.